The van der Waals surface area contributed by atoms with E-state index in [9.17, 15) is 0 Å². The monoisotopic (exact) mass is 225 g/mol. The van der Waals surface area contributed by atoms with Gasteiger partial charge in [-0.15, -0.1) is 0 Å². The summed E-state index contributed by atoms with van der Waals surface area (Å²) in [6.45, 7) is 10.4. The maximum Gasteiger partial charge on any atom is 0.0455 e. The highest BCUT2D eigenvalue weighted by molar-refractivity contribution is 4.90. The van der Waals surface area contributed by atoms with E-state index in [1.54, 1.807) is 0 Å². The molecule has 0 aromatic rings. The lowest BCUT2D eigenvalue weighted by Crippen LogP contribution is -2.49. The standard InChI is InChI=1S/C13H27N3/c1-12(2)16-9-5-13(6-10-16)3-7-15(11-14)8-4-13/h12H,3-11,14H2,1-2H3. The van der Waals surface area contributed by atoms with Crippen molar-refractivity contribution < 1.29 is 0 Å². The average molecular weight is 225 g/mol. The normalized spacial score (nSPS) is 27.8. The summed E-state index contributed by atoms with van der Waals surface area (Å²) in [5, 5.41) is 0. The van der Waals surface area contributed by atoms with Gasteiger partial charge in [0.2, 0.25) is 0 Å². The van der Waals surface area contributed by atoms with Gasteiger partial charge in [0, 0.05) is 12.7 Å². The van der Waals surface area contributed by atoms with Crippen molar-refractivity contribution in [3.8, 4) is 0 Å². The summed E-state index contributed by atoms with van der Waals surface area (Å²) >= 11 is 0. The van der Waals surface area contributed by atoms with E-state index in [0.717, 1.165) is 12.7 Å². The van der Waals surface area contributed by atoms with Crippen molar-refractivity contribution in [3.63, 3.8) is 0 Å². The van der Waals surface area contributed by atoms with E-state index in [-0.39, 0.29) is 0 Å². The lowest BCUT2D eigenvalue weighted by Gasteiger charge is -2.47. The quantitative estimate of drug-likeness (QED) is 0.773. The van der Waals surface area contributed by atoms with Gasteiger partial charge in [-0.3, -0.25) is 4.90 Å². The summed E-state index contributed by atoms with van der Waals surface area (Å²) in [7, 11) is 0. The van der Waals surface area contributed by atoms with Crippen LogP contribution in [-0.4, -0.2) is 48.7 Å². The molecule has 2 fully saturated rings. The molecule has 0 aromatic carbocycles. The zero-order valence-corrected chi connectivity index (χ0v) is 10.9. The van der Waals surface area contributed by atoms with Crippen LogP contribution in [-0.2, 0) is 0 Å². The predicted octanol–water partition coefficient (Wildman–Crippen LogP) is 1.49. The maximum atomic E-state index is 5.70. The molecule has 0 aliphatic carbocycles. The second-order valence-electron chi connectivity index (χ2n) is 5.93. The van der Waals surface area contributed by atoms with E-state index in [2.05, 4.69) is 23.6 Å². The SMILES string of the molecule is CC(C)N1CCC2(CCN(CN)CC2)CC1. The summed E-state index contributed by atoms with van der Waals surface area (Å²) in [6, 6.07) is 0.724. The van der Waals surface area contributed by atoms with Gasteiger partial charge in [0.1, 0.15) is 0 Å². The molecule has 3 heteroatoms. The molecule has 1 spiro atoms. The van der Waals surface area contributed by atoms with Crippen LogP contribution in [0.2, 0.25) is 0 Å². The number of hydrogen-bond acceptors (Lipinski definition) is 3. The molecular formula is C13H27N3. The third-order valence-electron chi connectivity index (χ3n) is 4.76. The number of hydrogen-bond donors (Lipinski definition) is 1. The molecule has 2 rings (SSSR count). The van der Waals surface area contributed by atoms with E-state index in [1.165, 1.54) is 51.9 Å². The summed E-state index contributed by atoms with van der Waals surface area (Å²) < 4.78 is 0. The van der Waals surface area contributed by atoms with Crippen molar-refractivity contribution in [1.82, 2.24) is 9.80 Å². The Morgan fingerprint density at radius 3 is 1.94 bits per heavy atom. The highest BCUT2D eigenvalue weighted by Crippen LogP contribution is 2.41. The molecule has 0 unspecified atom stereocenters. The van der Waals surface area contributed by atoms with Gasteiger partial charge in [0.15, 0.2) is 0 Å². The number of likely N-dealkylation sites (tertiary alicyclic amines) is 2. The van der Waals surface area contributed by atoms with Crippen LogP contribution in [0.25, 0.3) is 0 Å². The van der Waals surface area contributed by atoms with Crippen molar-refractivity contribution in [2.75, 3.05) is 32.8 Å². The molecule has 0 aromatic heterocycles. The number of piperidine rings is 2. The molecule has 2 heterocycles. The lowest BCUT2D eigenvalue weighted by atomic mass is 9.71. The minimum atomic E-state index is 0.664. The van der Waals surface area contributed by atoms with Crippen LogP contribution in [0.3, 0.4) is 0 Å². The Labute approximate surface area is 100.0 Å². The van der Waals surface area contributed by atoms with E-state index >= 15 is 0 Å². The second kappa shape index (κ2) is 5.03. The lowest BCUT2D eigenvalue weighted by molar-refractivity contribution is 0.0259. The van der Waals surface area contributed by atoms with E-state index in [1.807, 2.05) is 0 Å². The number of rotatable bonds is 2. The van der Waals surface area contributed by atoms with Gasteiger partial charge in [0.25, 0.3) is 0 Å². The van der Waals surface area contributed by atoms with E-state index in [4.69, 9.17) is 5.73 Å². The maximum absolute atomic E-state index is 5.70. The molecule has 0 saturated carbocycles. The molecule has 2 aliphatic heterocycles. The van der Waals surface area contributed by atoms with Gasteiger partial charge in [-0.1, -0.05) is 0 Å². The minimum Gasteiger partial charge on any atom is -0.318 e. The van der Waals surface area contributed by atoms with Crippen LogP contribution in [0, 0.1) is 5.41 Å². The highest BCUT2D eigenvalue weighted by Gasteiger charge is 2.37. The molecule has 3 nitrogen and oxygen atoms in total. The Kier molecular flexibility index (Phi) is 3.88. The first-order valence-corrected chi connectivity index (χ1v) is 6.82. The largest absolute Gasteiger partial charge is 0.318 e. The molecule has 0 radical (unpaired) electrons. The Balaban J connectivity index is 1.84. The first-order valence-electron chi connectivity index (χ1n) is 6.82. The fourth-order valence-corrected chi connectivity index (χ4v) is 3.22. The molecule has 2 aliphatic rings. The summed E-state index contributed by atoms with van der Waals surface area (Å²) in [6.07, 6.45) is 5.56. The van der Waals surface area contributed by atoms with Gasteiger partial charge in [-0.25, -0.2) is 0 Å². The van der Waals surface area contributed by atoms with Crippen LogP contribution >= 0.6 is 0 Å². The van der Waals surface area contributed by atoms with Crippen molar-refractivity contribution in [2.24, 2.45) is 11.1 Å². The van der Waals surface area contributed by atoms with Crippen LogP contribution in [0.15, 0.2) is 0 Å². The Morgan fingerprint density at radius 2 is 1.50 bits per heavy atom. The summed E-state index contributed by atoms with van der Waals surface area (Å²) in [5.41, 5.74) is 6.36. The van der Waals surface area contributed by atoms with Crippen LogP contribution in [0.4, 0.5) is 0 Å². The zero-order chi connectivity index (χ0) is 11.6. The number of nitrogens with zero attached hydrogens (tertiary/aromatic N) is 2. The molecule has 2 saturated heterocycles. The first kappa shape index (κ1) is 12.3. The zero-order valence-electron chi connectivity index (χ0n) is 10.9. The van der Waals surface area contributed by atoms with Gasteiger partial charge in [-0.2, -0.15) is 0 Å². The molecule has 94 valence electrons. The average Bonchev–Trinajstić information content (AvgIpc) is 2.31. The van der Waals surface area contributed by atoms with Gasteiger partial charge in [-0.05, 0) is 71.1 Å². The van der Waals surface area contributed by atoms with Crippen LogP contribution in [0.5, 0.6) is 0 Å². The van der Waals surface area contributed by atoms with E-state index < -0.39 is 0 Å². The van der Waals surface area contributed by atoms with Crippen molar-refractivity contribution in [2.45, 2.75) is 45.6 Å². The van der Waals surface area contributed by atoms with Gasteiger partial charge in [0.05, 0.1) is 0 Å². The third-order valence-corrected chi connectivity index (χ3v) is 4.76. The summed E-state index contributed by atoms with van der Waals surface area (Å²) in [4.78, 5) is 5.01. The van der Waals surface area contributed by atoms with Crippen LogP contribution < -0.4 is 5.73 Å². The third kappa shape index (κ3) is 2.58. The fraction of sp³-hybridized carbons (Fsp3) is 1.00. The molecular weight excluding hydrogens is 198 g/mol. The minimum absolute atomic E-state index is 0.664. The van der Waals surface area contributed by atoms with Crippen molar-refractivity contribution in [1.29, 1.82) is 0 Å². The Hall–Kier alpha value is -0.120. The molecule has 2 N–H and O–H groups in total. The smallest absolute Gasteiger partial charge is 0.0455 e. The molecule has 0 bridgehead atoms. The number of nitrogens with two attached hydrogens (primary N) is 1. The fourth-order valence-electron chi connectivity index (χ4n) is 3.22. The van der Waals surface area contributed by atoms with E-state index in [0.29, 0.717) is 5.41 Å². The molecule has 0 amide bonds. The van der Waals surface area contributed by atoms with Crippen molar-refractivity contribution in [3.05, 3.63) is 0 Å². The molecule has 0 atom stereocenters. The van der Waals surface area contributed by atoms with Gasteiger partial charge >= 0.3 is 0 Å². The topological polar surface area (TPSA) is 32.5 Å². The van der Waals surface area contributed by atoms with Crippen LogP contribution in [0.1, 0.15) is 39.5 Å². The Morgan fingerprint density at radius 1 is 1.00 bits per heavy atom. The highest BCUT2D eigenvalue weighted by atomic mass is 15.2. The van der Waals surface area contributed by atoms with Crippen molar-refractivity contribution >= 4 is 0 Å². The Bertz CT molecular complexity index is 209. The summed E-state index contributed by atoms with van der Waals surface area (Å²) in [5.74, 6) is 0. The van der Waals surface area contributed by atoms with Gasteiger partial charge < -0.3 is 10.6 Å². The second-order valence-corrected chi connectivity index (χ2v) is 5.93. The predicted molar refractivity (Wildman–Crippen MR) is 68.2 cm³/mol. The molecule has 16 heavy (non-hydrogen) atoms. The first-order chi connectivity index (χ1) is 7.65.